The smallest absolute Gasteiger partial charge is 0.416 e. The molecule has 4 heterocycles. The summed E-state index contributed by atoms with van der Waals surface area (Å²) in [5, 5.41) is 21.4. The van der Waals surface area contributed by atoms with Crippen molar-refractivity contribution in [2.24, 2.45) is 0 Å². The van der Waals surface area contributed by atoms with Crippen LogP contribution in [-0.2, 0) is 6.18 Å². The summed E-state index contributed by atoms with van der Waals surface area (Å²) in [6.07, 6.45) is -4.07. The lowest BCUT2D eigenvalue weighted by atomic mass is 9.99. The second-order valence-electron chi connectivity index (χ2n) is 9.29. The van der Waals surface area contributed by atoms with Crippen molar-refractivity contribution in [1.82, 2.24) is 9.97 Å². The number of fused-ring (bicyclic) bond motifs is 4. The molecule has 2 bridgehead atoms. The van der Waals surface area contributed by atoms with E-state index in [0.717, 1.165) is 25.1 Å². The van der Waals surface area contributed by atoms with Crippen molar-refractivity contribution in [1.29, 1.82) is 0 Å². The maximum absolute atomic E-state index is 13.6. The number of ether oxygens (including phenoxy) is 1. The van der Waals surface area contributed by atoms with Crippen LogP contribution < -0.4 is 19.9 Å². The lowest BCUT2D eigenvalue weighted by molar-refractivity contribution is -0.137. The van der Waals surface area contributed by atoms with Crippen LogP contribution in [0.3, 0.4) is 0 Å². The number of pyridine rings is 2. The number of anilines is 3. The summed E-state index contributed by atoms with van der Waals surface area (Å²) >= 11 is 6.53. The van der Waals surface area contributed by atoms with Gasteiger partial charge in [0.05, 0.1) is 34.6 Å². The Hall–Kier alpha value is -3.61. The van der Waals surface area contributed by atoms with Crippen LogP contribution in [0.25, 0.3) is 11.3 Å². The Kier molecular flexibility index (Phi) is 7.52. The molecule has 9 nitrogen and oxygen atoms in total. The Morgan fingerprint density at radius 2 is 2.00 bits per heavy atom. The van der Waals surface area contributed by atoms with E-state index in [1.165, 1.54) is 17.0 Å². The molecule has 13 heteroatoms. The van der Waals surface area contributed by atoms with Gasteiger partial charge in [0.2, 0.25) is 5.88 Å². The molecule has 5 rings (SSSR count). The van der Waals surface area contributed by atoms with Gasteiger partial charge in [0.1, 0.15) is 18.5 Å². The number of nitrogens with one attached hydrogen (secondary N) is 1. The molecule has 3 N–H and O–H groups in total. The zero-order chi connectivity index (χ0) is 27.7. The monoisotopic (exact) mass is 563 g/mol. The van der Waals surface area contributed by atoms with Gasteiger partial charge in [0.15, 0.2) is 5.82 Å². The standard InChI is InChI=1S/C26H25ClF3N5O4/c27-19-11-20-24(33-23(19)15-4-1-5-16(10-15)26(28,29)30)35(17-6-3-9-34(20)12-17)25(38)32-21-7-2-8-22(31-21)39-14-18(37)13-36/h1-2,4-5,7-8,10-11,17-18,36-37H,3,6,9,12-14H2,(H,31,32,38)/t17-,18-/m0/s1. The number of alkyl halides is 3. The molecule has 0 aliphatic carbocycles. The minimum Gasteiger partial charge on any atom is -0.475 e. The number of aromatic nitrogens is 2. The van der Waals surface area contributed by atoms with E-state index in [2.05, 4.69) is 20.2 Å². The fourth-order valence-corrected chi connectivity index (χ4v) is 4.97. The molecule has 1 fully saturated rings. The summed E-state index contributed by atoms with van der Waals surface area (Å²) in [4.78, 5) is 26.0. The van der Waals surface area contributed by atoms with E-state index in [9.17, 15) is 23.1 Å². The van der Waals surface area contributed by atoms with Crippen molar-refractivity contribution >= 4 is 35.0 Å². The summed E-state index contributed by atoms with van der Waals surface area (Å²) < 4.78 is 45.4. The van der Waals surface area contributed by atoms with E-state index in [1.54, 1.807) is 24.3 Å². The molecule has 39 heavy (non-hydrogen) atoms. The van der Waals surface area contributed by atoms with Gasteiger partial charge in [-0.25, -0.2) is 9.78 Å². The number of aliphatic hydroxyl groups is 2. The third-order valence-electron chi connectivity index (χ3n) is 6.54. The molecule has 3 aromatic rings. The van der Waals surface area contributed by atoms with Crippen LogP contribution in [0.2, 0.25) is 5.02 Å². The van der Waals surface area contributed by atoms with Gasteiger partial charge in [-0.3, -0.25) is 10.2 Å². The first-order chi connectivity index (χ1) is 18.6. The van der Waals surface area contributed by atoms with Gasteiger partial charge in [-0.1, -0.05) is 29.8 Å². The van der Waals surface area contributed by atoms with Gasteiger partial charge >= 0.3 is 12.2 Å². The van der Waals surface area contributed by atoms with Crippen LogP contribution in [0, 0.1) is 0 Å². The van der Waals surface area contributed by atoms with E-state index in [-0.39, 0.29) is 40.6 Å². The molecule has 2 amide bonds. The third-order valence-corrected chi connectivity index (χ3v) is 6.83. The zero-order valence-electron chi connectivity index (χ0n) is 20.5. The Labute approximate surface area is 226 Å². The van der Waals surface area contributed by atoms with Crippen LogP contribution in [0.4, 0.5) is 35.3 Å². The third kappa shape index (κ3) is 5.72. The molecule has 1 saturated heterocycles. The fourth-order valence-electron chi connectivity index (χ4n) is 4.71. The Morgan fingerprint density at radius 1 is 1.21 bits per heavy atom. The molecule has 0 saturated carbocycles. The van der Waals surface area contributed by atoms with Crippen LogP contribution in [0.1, 0.15) is 18.4 Å². The van der Waals surface area contributed by atoms with Gasteiger partial charge in [-0.2, -0.15) is 18.2 Å². The lowest BCUT2D eigenvalue weighted by Crippen LogP contribution is -2.56. The quantitative estimate of drug-likeness (QED) is 0.403. The van der Waals surface area contributed by atoms with Crippen molar-refractivity contribution < 1.29 is 32.9 Å². The normalized spacial score (nSPS) is 17.4. The van der Waals surface area contributed by atoms with E-state index in [0.29, 0.717) is 24.5 Å². The number of carbonyl (C=O) groups is 1. The number of halogens is 4. The van der Waals surface area contributed by atoms with Gasteiger partial charge in [-0.15, -0.1) is 0 Å². The number of amides is 2. The van der Waals surface area contributed by atoms with Gasteiger partial charge < -0.3 is 19.8 Å². The highest BCUT2D eigenvalue weighted by Gasteiger charge is 2.39. The van der Waals surface area contributed by atoms with E-state index < -0.39 is 30.5 Å². The summed E-state index contributed by atoms with van der Waals surface area (Å²) in [6, 6.07) is 10.3. The average Bonchev–Trinajstić information content (AvgIpc) is 2.92. The van der Waals surface area contributed by atoms with Gasteiger partial charge in [0.25, 0.3) is 0 Å². The van der Waals surface area contributed by atoms with E-state index >= 15 is 0 Å². The molecule has 0 unspecified atom stereocenters. The average molecular weight is 564 g/mol. The largest absolute Gasteiger partial charge is 0.475 e. The summed E-state index contributed by atoms with van der Waals surface area (Å²) in [5.74, 6) is 0.613. The second kappa shape index (κ2) is 10.9. The van der Waals surface area contributed by atoms with Crippen LogP contribution in [0.5, 0.6) is 5.88 Å². The van der Waals surface area contributed by atoms with E-state index in [4.69, 9.17) is 21.4 Å². The fraction of sp³-hybridized carbons (Fsp3) is 0.346. The molecule has 0 spiro atoms. The minimum atomic E-state index is -4.53. The molecule has 2 aliphatic rings. The van der Waals surface area contributed by atoms with Crippen LogP contribution >= 0.6 is 11.6 Å². The van der Waals surface area contributed by atoms with E-state index in [1.807, 2.05) is 0 Å². The molecular formula is C26H25ClF3N5O4. The number of benzene rings is 1. The number of piperidine rings is 1. The number of rotatable bonds is 6. The molecule has 2 aliphatic heterocycles. The highest BCUT2D eigenvalue weighted by atomic mass is 35.5. The van der Waals surface area contributed by atoms with Gasteiger partial charge in [-0.05, 0) is 37.1 Å². The SMILES string of the molecule is O=C(Nc1cccc(OC[C@@H](O)CO)n1)N1c2nc(-c3cccc(C(F)(F)F)c3)c(Cl)cc2N2CCC[C@H]1C2. The van der Waals surface area contributed by atoms with Crippen molar-refractivity contribution in [2.45, 2.75) is 31.2 Å². The lowest BCUT2D eigenvalue weighted by Gasteiger charge is -2.46. The first-order valence-corrected chi connectivity index (χ1v) is 12.6. The van der Waals surface area contributed by atoms with Crippen LogP contribution in [0.15, 0.2) is 48.5 Å². The topological polar surface area (TPSA) is 111 Å². The van der Waals surface area contributed by atoms with Crippen molar-refractivity contribution in [3.8, 4) is 17.1 Å². The minimum absolute atomic E-state index is 0.136. The highest BCUT2D eigenvalue weighted by Crippen LogP contribution is 2.43. The molecule has 206 valence electrons. The number of hydrogen-bond acceptors (Lipinski definition) is 7. The molecule has 2 atom stereocenters. The second-order valence-corrected chi connectivity index (χ2v) is 9.70. The highest BCUT2D eigenvalue weighted by molar-refractivity contribution is 6.33. The van der Waals surface area contributed by atoms with Gasteiger partial charge in [0, 0.05) is 24.7 Å². The number of hydrogen-bond donors (Lipinski definition) is 3. The maximum atomic E-state index is 13.6. The van der Waals surface area contributed by atoms with Crippen LogP contribution in [-0.4, -0.2) is 64.7 Å². The Bertz CT molecular complexity index is 1380. The summed E-state index contributed by atoms with van der Waals surface area (Å²) in [6.45, 7) is 0.640. The predicted molar refractivity (Wildman–Crippen MR) is 139 cm³/mol. The number of carbonyl (C=O) groups excluding carboxylic acids is 1. The van der Waals surface area contributed by atoms with Crippen molar-refractivity contribution in [3.05, 3.63) is 59.1 Å². The summed E-state index contributed by atoms with van der Waals surface area (Å²) in [5.41, 5.74) is 0.104. The Morgan fingerprint density at radius 3 is 2.77 bits per heavy atom. The zero-order valence-corrected chi connectivity index (χ0v) is 21.3. The maximum Gasteiger partial charge on any atom is 0.416 e. The van der Waals surface area contributed by atoms with Crippen molar-refractivity contribution in [3.63, 3.8) is 0 Å². The number of nitrogens with zero attached hydrogens (tertiary/aromatic N) is 4. The molecular weight excluding hydrogens is 539 g/mol. The van der Waals surface area contributed by atoms with Crippen molar-refractivity contribution in [2.75, 3.05) is 41.4 Å². The molecule has 2 aromatic heterocycles. The first kappa shape index (κ1) is 27.0. The molecule has 0 radical (unpaired) electrons. The first-order valence-electron chi connectivity index (χ1n) is 12.3. The Balaban J connectivity index is 1.48. The molecule has 1 aromatic carbocycles. The predicted octanol–water partition coefficient (Wildman–Crippen LogP) is 4.57. The summed E-state index contributed by atoms with van der Waals surface area (Å²) in [7, 11) is 0. The number of urea groups is 1. The number of aliphatic hydroxyl groups excluding tert-OH is 2.